The van der Waals surface area contributed by atoms with E-state index in [1.165, 1.54) is 18.2 Å². The molecule has 0 aliphatic carbocycles. The highest BCUT2D eigenvalue weighted by Crippen LogP contribution is 2.27. The number of nitro groups is 1. The van der Waals surface area contributed by atoms with E-state index in [1.807, 2.05) is 13.0 Å². The van der Waals surface area contributed by atoms with Gasteiger partial charge in [-0.05, 0) is 49.2 Å². The first-order valence-electron chi connectivity index (χ1n) is 8.59. The number of anilines is 2. The summed E-state index contributed by atoms with van der Waals surface area (Å²) in [7, 11) is 0. The van der Waals surface area contributed by atoms with Gasteiger partial charge in [0.25, 0.3) is 5.69 Å². The standard InChI is InChI=1S/C20H19N3O4/c1-14-13-16(9-10-17(14)22-12-4-7-20(22)25)21-19(24)11-8-15-5-2-3-6-18(15)23(26)27/h2-3,5-6,8-11,13H,4,7,12H2,1H3,(H,21,24). The third kappa shape index (κ3) is 4.20. The van der Waals surface area contributed by atoms with Crippen molar-refractivity contribution < 1.29 is 14.5 Å². The fourth-order valence-electron chi connectivity index (χ4n) is 3.08. The van der Waals surface area contributed by atoms with E-state index in [-0.39, 0.29) is 11.6 Å². The number of amides is 2. The summed E-state index contributed by atoms with van der Waals surface area (Å²) in [6.45, 7) is 2.60. The van der Waals surface area contributed by atoms with Crippen LogP contribution >= 0.6 is 0 Å². The molecule has 1 N–H and O–H groups in total. The third-order valence-corrected chi connectivity index (χ3v) is 4.38. The molecule has 1 aliphatic rings. The number of para-hydroxylation sites is 1. The van der Waals surface area contributed by atoms with E-state index in [2.05, 4.69) is 5.32 Å². The van der Waals surface area contributed by atoms with Crippen molar-refractivity contribution in [1.29, 1.82) is 0 Å². The summed E-state index contributed by atoms with van der Waals surface area (Å²) in [6, 6.07) is 11.6. The van der Waals surface area contributed by atoms with E-state index >= 15 is 0 Å². The number of hydrogen-bond acceptors (Lipinski definition) is 4. The molecule has 3 rings (SSSR count). The first-order chi connectivity index (χ1) is 13.0. The second-order valence-electron chi connectivity index (χ2n) is 6.29. The number of carbonyl (C=O) groups is 2. The predicted molar refractivity (Wildman–Crippen MR) is 104 cm³/mol. The topological polar surface area (TPSA) is 92.5 Å². The zero-order valence-electron chi connectivity index (χ0n) is 14.8. The van der Waals surface area contributed by atoms with Gasteiger partial charge in [0.05, 0.1) is 10.5 Å². The van der Waals surface area contributed by atoms with Gasteiger partial charge < -0.3 is 10.2 Å². The molecule has 27 heavy (non-hydrogen) atoms. The molecule has 2 amide bonds. The maximum absolute atomic E-state index is 12.1. The quantitative estimate of drug-likeness (QED) is 0.497. The molecule has 138 valence electrons. The number of carbonyl (C=O) groups excluding carboxylic acids is 2. The second-order valence-corrected chi connectivity index (χ2v) is 6.29. The number of nitro benzene ring substituents is 1. The van der Waals surface area contributed by atoms with Crippen molar-refractivity contribution in [3.63, 3.8) is 0 Å². The minimum Gasteiger partial charge on any atom is -0.323 e. The van der Waals surface area contributed by atoms with Crippen LogP contribution in [0.25, 0.3) is 6.08 Å². The number of nitrogens with zero attached hydrogens (tertiary/aromatic N) is 2. The maximum atomic E-state index is 12.1. The average Bonchev–Trinajstić information content (AvgIpc) is 3.06. The lowest BCUT2D eigenvalue weighted by molar-refractivity contribution is -0.385. The molecule has 7 heteroatoms. The lowest BCUT2D eigenvalue weighted by atomic mass is 10.1. The van der Waals surface area contributed by atoms with Gasteiger partial charge in [0, 0.05) is 36.5 Å². The second kappa shape index (κ2) is 7.82. The predicted octanol–water partition coefficient (Wildman–Crippen LogP) is 3.68. The van der Waals surface area contributed by atoms with Crippen molar-refractivity contribution in [3.8, 4) is 0 Å². The Kier molecular flexibility index (Phi) is 5.30. The summed E-state index contributed by atoms with van der Waals surface area (Å²) < 4.78 is 0. The Balaban J connectivity index is 1.70. The van der Waals surface area contributed by atoms with Gasteiger partial charge in [-0.3, -0.25) is 19.7 Å². The van der Waals surface area contributed by atoms with Crippen LogP contribution in [0.5, 0.6) is 0 Å². The summed E-state index contributed by atoms with van der Waals surface area (Å²) in [5, 5.41) is 13.7. The minimum absolute atomic E-state index is 0.0583. The normalized spacial score (nSPS) is 14.0. The minimum atomic E-state index is -0.487. The van der Waals surface area contributed by atoms with Crippen LogP contribution in [0.3, 0.4) is 0 Å². The highest BCUT2D eigenvalue weighted by molar-refractivity contribution is 6.02. The van der Waals surface area contributed by atoms with Crippen molar-refractivity contribution in [2.75, 3.05) is 16.8 Å². The Morgan fingerprint density at radius 2 is 2.04 bits per heavy atom. The molecule has 1 heterocycles. The maximum Gasteiger partial charge on any atom is 0.276 e. The van der Waals surface area contributed by atoms with Crippen molar-refractivity contribution in [2.24, 2.45) is 0 Å². The SMILES string of the molecule is Cc1cc(NC(=O)C=Cc2ccccc2[N+](=O)[O-])ccc1N1CCCC1=O. The van der Waals surface area contributed by atoms with Gasteiger partial charge in [-0.15, -0.1) is 0 Å². The van der Waals surface area contributed by atoms with Crippen molar-refractivity contribution in [3.05, 3.63) is 69.8 Å². The van der Waals surface area contributed by atoms with Gasteiger partial charge in [-0.25, -0.2) is 0 Å². The highest BCUT2D eigenvalue weighted by atomic mass is 16.6. The molecule has 7 nitrogen and oxygen atoms in total. The molecule has 2 aromatic rings. The van der Waals surface area contributed by atoms with Crippen LogP contribution in [0.4, 0.5) is 17.1 Å². The van der Waals surface area contributed by atoms with E-state index in [0.29, 0.717) is 24.2 Å². The van der Waals surface area contributed by atoms with Gasteiger partial charge in [0.1, 0.15) is 0 Å². The Bertz CT molecular complexity index is 937. The molecule has 0 saturated carbocycles. The van der Waals surface area contributed by atoms with Crippen molar-refractivity contribution >= 4 is 35.0 Å². The number of benzene rings is 2. The molecule has 0 bridgehead atoms. The van der Waals surface area contributed by atoms with Crippen LogP contribution in [0.1, 0.15) is 24.0 Å². The number of aryl methyl sites for hydroxylation is 1. The van der Waals surface area contributed by atoms with Crippen LogP contribution < -0.4 is 10.2 Å². The van der Waals surface area contributed by atoms with Gasteiger partial charge in [-0.1, -0.05) is 12.1 Å². The van der Waals surface area contributed by atoms with Gasteiger partial charge in [0.15, 0.2) is 0 Å². The van der Waals surface area contributed by atoms with Crippen LogP contribution in [-0.4, -0.2) is 23.3 Å². The molecule has 1 saturated heterocycles. The smallest absolute Gasteiger partial charge is 0.276 e. The molecule has 0 unspecified atom stereocenters. The molecule has 0 radical (unpaired) electrons. The summed E-state index contributed by atoms with van der Waals surface area (Å²) in [5.41, 5.74) is 2.64. The van der Waals surface area contributed by atoms with Crippen LogP contribution in [0, 0.1) is 17.0 Å². The molecule has 1 fully saturated rings. The molecule has 2 aromatic carbocycles. The summed E-state index contributed by atoms with van der Waals surface area (Å²) in [6.07, 6.45) is 4.09. The van der Waals surface area contributed by atoms with Crippen molar-refractivity contribution in [2.45, 2.75) is 19.8 Å². The van der Waals surface area contributed by atoms with Crippen LogP contribution in [0.15, 0.2) is 48.5 Å². The van der Waals surface area contributed by atoms with Gasteiger partial charge in [0.2, 0.25) is 11.8 Å². The molecule has 0 aromatic heterocycles. The monoisotopic (exact) mass is 365 g/mol. The Morgan fingerprint density at radius 1 is 1.26 bits per heavy atom. The largest absolute Gasteiger partial charge is 0.323 e. The highest BCUT2D eigenvalue weighted by Gasteiger charge is 2.22. The van der Waals surface area contributed by atoms with Gasteiger partial charge in [-0.2, -0.15) is 0 Å². The van der Waals surface area contributed by atoms with E-state index in [4.69, 9.17) is 0 Å². The average molecular weight is 365 g/mol. The van der Waals surface area contributed by atoms with E-state index < -0.39 is 10.8 Å². The summed E-state index contributed by atoms with van der Waals surface area (Å²) in [5.74, 6) is -0.278. The molecule has 1 aliphatic heterocycles. The zero-order chi connectivity index (χ0) is 19.4. The Morgan fingerprint density at radius 3 is 2.70 bits per heavy atom. The first kappa shape index (κ1) is 18.3. The summed E-state index contributed by atoms with van der Waals surface area (Å²) in [4.78, 5) is 36.3. The molecular formula is C20H19N3O4. The zero-order valence-corrected chi connectivity index (χ0v) is 14.8. The molecular weight excluding hydrogens is 346 g/mol. The fraction of sp³-hybridized carbons (Fsp3) is 0.200. The number of rotatable bonds is 5. The molecule has 0 spiro atoms. The van der Waals surface area contributed by atoms with Crippen LogP contribution in [-0.2, 0) is 9.59 Å². The van der Waals surface area contributed by atoms with Crippen LogP contribution in [0.2, 0.25) is 0 Å². The lowest BCUT2D eigenvalue weighted by Gasteiger charge is -2.19. The Hall–Kier alpha value is -3.48. The van der Waals surface area contributed by atoms with Gasteiger partial charge >= 0.3 is 0 Å². The Labute approximate surface area is 156 Å². The first-order valence-corrected chi connectivity index (χ1v) is 8.59. The van der Waals surface area contributed by atoms with Crippen molar-refractivity contribution in [1.82, 2.24) is 0 Å². The van der Waals surface area contributed by atoms with E-state index in [0.717, 1.165) is 17.7 Å². The number of hydrogen-bond donors (Lipinski definition) is 1. The third-order valence-electron chi connectivity index (χ3n) is 4.38. The molecule has 0 atom stereocenters. The summed E-state index contributed by atoms with van der Waals surface area (Å²) >= 11 is 0. The fourth-order valence-corrected chi connectivity index (χ4v) is 3.08. The van der Waals surface area contributed by atoms with E-state index in [1.54, 1.807) is 35.2 Å². The van der Waals surface area contributed by atoms with E-state index in [9.17, 15) is 19.7 Å². The lowest BCUT2D eigenvalue weighted by Crippen LogP contribution is -2.24. The number of nitrogens with one attached hydrogen (secondary N) is 1.